The summed E-state index contributed by atoms with van der Waals surface area (Å²) in [5, 5.41) is 8.21. The van der Waals surface area contributed by atoms with E-state index in [1.165, 1.54) is 0 Å². The van der Waals surface area contributed by atoms with Gasteiger partial charge in [0.1, 0.15) is 31.8 Å². The smallest absolute Gasteiger partial charge is 0.221 e. The molecule has 0 atom stereocenters. The summed E-state index contributed by atoms with van der Waals surface area (Å²) in [4.78, 5) is 21.4. The zero-order valence-corrected chi connectivity index (χ0v) is 44.5. The van der Waals surface area contributed by atoms with Gasteiger partial charge in [0.25, 0.3) is 0 Å². The van der Waals surface area contributed by atoms with E-state index in [4.69, 9.17) is 38.9 Å². The number of hydrogen-bond acceptors (Lipinski definition) is 8. The molecular weight excluding hydrogens is 997 g/mol. The number of ether oxygens (including phenoxy) is 4. The van der Waals surface area contributed by atoms with Gasteiger partial charge in [0.05, 0.1) is 22.7 Å². The minimum Gasteiger partial charge on any atom is -0.476 e. The van der Waals surface area contributed by atoms with Crippen LogP contribution in [-0.4, -0.2) is 50.0 Å². The van der Waals surface area contributed by atoms with Crippen molar-refractivity contribution in [2.24, 2.45) is 25.4 Å². The van der Waals surface area contributed by atoms with Gasteiger partial charge in [-0.3, -0.25) is 0 Å². The summed E-state index contributed by atoms with van der Waals surface area (Å²) in [6.07, 6.45) is 0. The van der Waals surface area contributed by atoms with Crippen molar-refractivity contribution in [3.8, 4) is 0 Å². The molecule has 0 aromatic heterocycles. The number of benzene rings is 12. The first-order valence-electron chi connectivity index (χ1n) is 27.1. The first kappa shape index (κ1) is 51.3. The Morgan fingerprint density at radius 3 is 0.654 bits per heavy atom. The molecule has 12 rings (SSSR count). The van der Waals surface area contributed by atoms with Gasteiger partial charge in [0, 0.05) is 43.8 Å². The Morgan fingerprint density at radius 1 is 0.222 bits per heavy atom. The van der Waals surface area contributed by atoms with Crippen LogP contribution in [0.5, 0.6) is 0 Å². The van der Waals surface area contributed by atoms with Gasteiger partial charge in [-0.15, -0.1) is 0 Å². The number of nitrogens with zero attached hydrogens (tertiary/aromatic N) is 4. The van der Waals surface area contributed by atoms with Gasteiger partial charge < -0.3 is 18.9 Å². The van der Waals surface area contributed by atoms with Gasteiger partial charge >= 0.3 is 0 Å². The van der Waals surface area contributed by atoms with Crippen LogP contribution in [0.25, 0.3) is 43.1 Å². The van der Waals surface area contributed by atoms with Gasteiger partial charge in [0.2, 0.25) is 23.6 Å². The largest absolute Gasteiger partial charge is 0.476 e. The summed E-state index contributed by atoms with van der Waals surface area (Å²) >= 11 is 0. The summed E-state index contributed by atoms with van der Waals surface area (Å²) in [7, 11) is 0. The number of aliphatic imine (C=N–C) groups is 4. The molecule has 0 fully saturated rings. The molecule has 0 N–H and O–H groups in total. The summed E-state index contributed by atoms with van der Waals surface area (Å²) in [5.74, 6) is 1.63. The number of hydrogen-bond donors (Lipinski definition) is 0. The lowest BCUT2D eigenvalue weighted by Gasteiger charge is -2.33. The molecule has 0 aliphatic rings. The predicted molar refractivity (Wildman–Crippen MR) is 333 cm³/mol. The average Bonchev–Trinajstić information content (AvgIpc) is 3.55. The molecule has 0 unspecified atom stereocenters. The zero-order valence-electron chi connectivity index (χ0n) is 44.5. The topological polar surface area (TPSA) is 86.4 Å². The van der Waals surface area contributed by atoms with Crippen LogP contribution in [-0.2, 0) is 18.9 Å². The van der Waals surface area contributed by atoms with Gasteiger partial charge in [-0.1, -0.05) is 218 Å². The molecule has 8 heteroatoms. The molecule has 0 saturated heterocycles. The quantitative estimate of drug-likeness (QED) is 0.0713. The minimum absolute atomic E-state index is 0.0193. The van der Waals surface area contributed by atoms with Crippen LogP contribution >= 0.6 is 0 Å². The van der Waals surface area contributed by atoms with E-state index in [-0.39, 0.29) is 26.4 Å². The maximum absolute atomic E-state index is 7.28. The second kappa shape index (κ2) is 24.5. The lowest BCUT2D eigenvalue weighted by Crippen LogP contribution is -2.44. The van der Waals surface area contributed by atoms with Crippen LogP contribution in [0.4, 0.5) is 22.7 Å². The monoisotopic (exact) mass is 1050 g/mol. The minimum atomic E-state index is -1.19. The molecule has 0 heterocycles. The molecule has 81 heavy (non-hydrogen) atoms. The Labute approximate surface area is 471 Å². The number of fused-ring (bicyclic) bond motifs is 4. The van der Waals surface area contributed by atoms with Crippen LogP contribution in [0.1, 0.15) is 22.3 Å². The molecule has 392 valence electrons. The third kappa shape index (κ3) is 12.2. The van der Waals surface area contributed by atoms with Crippen LogP contribution in [0.3, 0.4) is 0 Å². The second-order valence-corrected chi connectivity index (χ2v) is 19.8. The molecular formula is C73H56N4O4. The fraction of sp³-hybridized carbons (Fsp3) is 0.0685. The van der Waals surface area contributed by atoms with Gasteiger partial charge in [-0.2, -0.15) is 0 Å². The molecule has 0 spiro atoms. The molecule has 0 aliphatic heterocycles. The highest BCUT2D eigenvalue weighted by molar-refractivity contribution is 6.04. The van der Waals surface area contributed by atoms with Crippen molar-refractivity contribution < 1.29 is 18.9 Å². The van der Waals surface area contributed by atoms with Gasteiger partial charge in [-0.25, -0.2) is 20.0 Å². The third-order valence-corrected chi connectivity index (χ3v) is 14.1. The molecule has 0 radical (unpaired) electrons. The Hall–Kier alpha value is -10.4. The highest BCUT2D eigenvalue weighted by Gasteiger charge is 2.38. The van der Waals surface area contributed by atoms with Gasteiger partial charge in [0.15, 0.2) is 0 Å². The Morgan fingerprint density at radius 2 is 0.420 bits per heavy atom. The van der Waals surface area contributed by atoms with E-state index in [9.17, 15) is 0 Å². The van der Waals surface area contributed by atoms with Crippen molar-refractivity contribution in [2.45, 2.75) is 0 Å². The Balaban J connectivity index is 1.04. The van der Waals surface area contributed by atoms with E-state index in [0.717, 1.165) is 88.1 Å². The van der Waals surface area contributed by atoms with Crippen molar-refractivity contribution in [2.75, 3.05) is 26.4 Å². The predicted octanol–water partition coefficient (Wildman–Crippen LogP) is 17.8. The highest BCUT2D eigenvalue weighted by atomic mass is 16.5. The Bertz CT molecular complexity index is 3670. The summed E-state index contributed by atoms with van der Waals surface area (Å²) in [6.45, 7) is -0.0774. The average molecular weight is 1050 g/mol. The lowest BCUT2D eigenvalue weighted by molar-refractivity contribution is -0.0161. The Kier molecular flexibility index (Phi) is 15.5. The number of rotatable bonds is 16. The molecule has 12 aromatic carbocycles. The second-order valence-electron chi connectivity index (χ2n) is 19.8. The van der Waals surface area contributed by atoms with Crippen molar-refractivity contribution in [3.63, 3.8) is 0 Å². The highest BCUT2D eigenvalue weighted by Crippen LogP contribution is 2.33. The molecule has 0 bridgehead atoms. The molecule has 0 aliphatic carbocycles. The van der Waals surface area contributed by atoms with Crippen molar-refractivity contribution in [1.29, 1.82) is 0 Å². The van der Waals surface area contributed by atoms with E-state index < -0.39 is 5.41 Å². The van der Waals surface area contributed by atoms with E-state index in [0.29, 0.717) is 23.6 Å². The normalized spacial score (nSPS) is 12.4. The SMILES string of the molecule is c1ccc(/C(=N\c2cccc3ccccc23)OCC(CO/C(=N/c2cccc3ccccc23)c2ccccc2)(CO/C(=N/c2cccc3ccccc23)c2ccccc2)CO/C(=N/c2cccc3ccccc23)c2ccccc2)cc1. The van der Waals surface area contributed by atoms with Crippen LogP contribution in [0.2, 0.25) is 0 Å². The maximum Gasteiger partial charge on any atom is 0.221 e. The first-order valence-corrected chi connectivity index (χ1v) is 27.1. The molecule has 0 saturated carbocycles. The standard InChI is InChI=1S/C73H56N4O4/c1-5-29-57(30-6-1)69(74-65-45-21-37-53-25-13-17-41-61(53)65)78-49-73(50-79-70(58-31-7-2-8-32-58)75-66-46-22-38-54-26-14-18-42-62(54)66,51-80-71(59-33-9-3-10-34-59)76-67-47-23-39-55-27-15-19-43-63(55)67)52-81-72(60-35-11-4-12-36-60)77-68-48-24-40-56-28-16-20-44-64(56)68/h1-48H,49-52H2/b74-69+,75-70+,76-71+,77-72+. The first-order chi connectivity index (χ1) is 40.1. The summed E-state index contributed by atoms with van der Waals surface area (Å²) in [5.41, 5.74) is 5.00. The lowest BCUT2D eigenvalue weighted by atomic mass is 9.91. The molecule has 8 nitrogen and oxygen atoms in total. The summed E-state index contributed by atoms with van der Waals surface area (Å²) in [6, 6.07) is 97.3. The van der Waals surface area contributed by atoms with E-state index in [1.54, 1.807) is 0 Å². The third-order valence-electron chi connectivity index (χ3n) is 14.1. The molecule has 0 amide bonds. The fourth-order valence-corrected chi connectivity index (χ4v) is 9.84. The fourth-order valence-electron chi connectivity index (χ4n) is 9.84. The van der Waals surface area contributed by atoms with Crippen molar-refractivity contribution in [3.05, 3.63) is 313 Å². The zero-order chi connectivity index (χ0) is 54.5. The van der Waals surface area contributed by atoms with Crippen molar-refractivity contribution in [1.82, 2.24) is 0 Å². The van der Waals surface area contributed by atoms with E-state index in [2.05, 4.69) is 72.8 Å². The van der Waals surface area contributed by atoms with E-state index in [1.807, 2.05) is 218 Å². The van der Waals surface area contributed by atoms with Crippen LogP contribution in [0, 0.1) is 5.41 Å². The maximum atomic E-state index is 7.28. The van der Waals surface area contributed by atoms with Crippen molar-refractivity contribution >= 4 is 89.4 Å². The van der Waals surface area contributed by atoms with E-state index >= 15 is 0 Å². The molecule has 12 aromatic rings. The van der Waals surface area contributed by atoms with Crippen LogP contribution < -0.4 is 0 Å². The summed E-state index contributed by atoms with van der Waals surface area (Å²) < 4.78 is 29.1. The van der Waals surface area contributed by atoms with Crippen LogP contribution in [0.15, 0.2) is 311 Å². The van der Waals surface area contributed by atoms with Gasteiger partial charge in [-0.05, 0) is 94.3 Å².